The first-order chi connectivity index (χ1) is 10.3. The highest BCUT2D eigenvalue weighted by molar-refractivity contribution is 7.87. The van der Waals surface area contributed by atoms with E-state index in [9.17, 15) is 18.5 Å². The van der Waals surface area contributed by atoms with Gasteiger partial charge >= 0.3 is 10.1 Å². The van der Waals surface area contributed by atoms with Crippen molar-refractivity contribution in [3.8, 4) is 5.75 Å². The van der Waals surface area contributed by atoms with Crippen molar-refractivity contribution in [1.29, 1.82) is 0 Å². The molecule has 22 heavy (non-hydrogen) atoms. The summed E-state index contributed by atoms with van der Waals surface area (Å²) in [6.07, 6.45) is 0. The van der Waals surface area contributed by atoms with Crippen LogP contribution >= 0.6 is 0 Å². The Morgan fingerprint density at radius 1 is 1.09 bits per heavy atom. The van der Waals surface area contributed by atoms with Crippen molar-refractivity contribution in [3.63, 3.8) is 0 Å². The summed E-state index contributed by atoms with van der Waals surface area (Å²) in [5.74, 6) is 0.335. The van der Waals surface area contributed by atoms with Gasteiger partial charge in [-0.1, -0.05) is 38.1 Å². The SMILES string of the molecule is CC(C)c1cccc(OS(=O)(=O)c2ccccc2[N+](=O)[O-])c1. The number of nitro benzene ring substituents is 1. The monoisotopic (exact) mass is 321 g/mol. The number of nitro groups is 1. The van der Waals surface area contributed by atoms with Crippen LogP contribution in [0.25, 0.3) is 0 Å². The van der Waals surface area contributed by atoms with Crippen LogP contribution in [0.15, 0.2) is 53.4 Å². The molecule has 2 aromatic rings. The zero-order valence-corrected chi connectivity index (χ0v) is 12.9. The van der Waals surface area contributed by atoms with Crippen LogP contribution in [0.3, 0.4) is 0 Å². The molecule has 0 aliphatic rings. The Bertz CT molecular complexity index is 799. The molecule has 0 radical (unpaired) electrons. The van der Waals surface area contributed by atoms with E-state index in [0.29, 0.717) is 0 Å². The molecular formula is C15H15NO5S. The van der Waals surface area contributed by atoms with Gasteiger partial charge in [-0.3, -0.25) is 10.1 Å². The van der Waals surface area contributed by atoms with Crippen molar-refractivity contribution in [2.45, 2.75) is 24.7 Å². The molecule has 0 saturated carbocycles. The molecule has 2 aromatic carbocycles. The first-order valence-corrected chi connectivity index (χ1v) is 8.00. The standard InChI is InChI=1S/C15H15NO5S/c1-11(2)12-6-5-7-13(10-12)21-22(19,20)15-9-4-3-8-14(15)16(17)18/h3-11H,1-2H3. The van der Waals surface area contributed by atoms with Crippen LogP contribution in [0.2, 0.25) is 0 Å². The van der Waals surface area contributed by atoms with Crippen LogP contribution in [-0.2, 0) is 10.1 Å². The molecule has 0 unspecified atom stereocenters. The van der Waals surface area contributed by atoms with Gasteiger partial charge < -0.3 is 4.18 Å². The molecule has 0 aromatic heterocycles. The molecule has 6 nitrogen and oxygen atoms in total. The van der Waals surface area contributed by atoms with Crippen LogP contribution in [0.4, 0.5) is 5.69 Å². The van der Waals surface area contributed by atoms with Crippen molar-refractivity contribution >= 4 is 15.8 Å². The Labute approximate surface area is 128 Å². The van der Waals surface area contributed by atoms with Crippen molar-refractivity contribution in [1.82, 2.24) is 0 Å². The lowest BCUT2D eigenvalue weighted by atomic mass is 10.0. The minimum Gasteiger partial charge on any atom is -0.379 e. The van der Waals surface area contributed by atoms with Crippen LogP contribution < -0.4 is 4.18 Å². The van der Waals surface area contributed by atoms with Crippen molar-refractivity contribution < 1.29 is 17.5 Å². The summed E-state index contributed by atoms with van der Waals surface area (Å²) in [6.45, 7) is 3.94. The van der Waals surface area contributed by atoms with Crippen LogP contribution in [0.5, 0.6) is 5.75 Å². The third kappa shape index (κ3) is 3.43. The molecule has 116 valence electrons. The van der Waals surface area contributed by atoms with E-state index in [-0.39, 0.29) is 11.7 Å². The molecule has 0 bridgehead atoms. The van der Waals surface area contributed by atoms with E-state index < -0.39 is 25.6 Å². The quantitative estimate of drug-likeness (QED) is 0.478. The maximum atomic E-state index is 12.3. The van der Waals surface area contributed by atoms with E-state index in [1.807, 2.05) is 19.9 Å². The maximum absolute atomic E-state index is 12.3. The van der Waals surface area contributed by atoms with E-state index in [4.69, 9.17) is 4.18 Å². The highest BCUT2D eigenvalue weighted by atomic mass is 32.2. The molecule has 2 rings (SSSR count). The average molecular weight is 321 g/mol. The van der Waals surface area contributed by atoms with Crippen LogP contribution in [0.1, 0.15) is 25.3 Å². The minimum atomic E-state index is -4.27. The van der Waals surface area contributed by atoms with Gasteiger partial charge in [0.15, 0.2) is 4.90 Å². The molecule has 0 N–H and O–H groups in total. The fourth-order valence-corrected chi connectivity index (χ4v) is 3.01. The van der Waals surface area contributed by atoms with Gasteiger partial charge in [0.25, 0.3) is 5.69 Å². The first kappa shape index (κ1) is 16.0. The molecule has 0 fully saturated rings. The fourth-order valence-electron chi connectivity index (χ4n) is 1.92. The fraction of sp³-hybridized carbons (Fsp3) is 0.200. The Hall–Kier alpha value is -2.41. The molecule has 7 heteroatoms. The van der Waals surface area contributed by atoms with Crippen molar-refractivity contribution in [2.24, 2.45) is 0 Å². The van der Waals surface area contributed by atoms with Crippen molar-refractivity contribution in [2.75, 3.05) is 0 Å². The summed E-state index contributed by atoms with van der Waals surface area (Å²) in [7, 11) is -4.27. The van der Waals surface area contributed by atoms with E-state index in [1.165, 1.54) is 18.2 Å². The lowest BCUT2D eigenvalue weighted by Crippen LogP contribution is -2.12. The molecular weight excluding hydrogens is 306 g/mol. The highest BCUT2D eigenvalue weighted by Gasteiger charge is 2.27. The zero-order chi connectivity index (χ0) is 16.3. The summed E-state index contributed by atoms with van der Waals surface area (Å²) < 4.78 is 29.6. The number of rotatable bonds is 5. The van der Waals surface area contributed by atoms with E-state index in [2.05, 4.69) is 0 Å². The number of hydrogen-bond donors (Lipinski definition) is 0. The summed E-state index contributed by atoms with van der Waals surface area (Å²) in [6, 6.07) is 11.7. The van der Waals surface area contributed by atoms with Crippen LogP contribution in [0, 0.1) is 10.1 Å². The number of benzene rings is 2. The summed E-state index contributed by atoms with van der Waals surface area (Å²) >= 11 is 0. The van der Waals surface area contributed by atoms with E-state index in [0.717, 1.165) is 17.7 Å². The molecule has 0 spiro atoms. The van der Waals surface area contributed by atoms with Gasteiger partial charge in [0.05, 0.1) is 4.92 Å². The van der Waals surface area contributed by atoms with Gasteiger partial charge in [-0.15, -0.1) is 0 Å². The van der Waals surface area contributed by atoms with E-state index in [1.54, 1.807) is 12.1 Å². The molecule has 0 atom stereocenters. The molecule has 0 aliphatic heterocycles. The van der Waals surface area contributed by atoms with Crippen LogP contribution in [-0.4, -0.2) is 13.3 Å². The van der Waals surface area contributed by atoms with Crippen molar-refractivity contribution in [3.05, 3.63) is 64.2 Å². The van der Waals surface area contributed by atoms with Gasteiger partial charge in [-0.25, -0.2) is 0 Å². The third-order valence-corrected chi connectivity index (χ3v) is 4.36. The second kappa shape index (κ2) is 6.15. The normalized spacial score (nSPS) is 11.4. The summed E-state index contributed by atoms with van der Waals surface area (Å²) in [5, 5.41) is 10.9. The Kier molecular flexibility index (Phi) is 4.46. The minimum absolute atomic E-state index is 0.129. The lowest BCUT2D eigenvalue weighted by Gasteiger charge is -2.10. The molecule has 0 amide bonds. The predicted octanol–water partition coefficient (Wildman–Crippen LogP) is 3.49. The highest BCUT2D eigenvalue weighted by Crippen LogP contribution is 2.27. The second-order valence-corrected chi connectivity index (χ2v) is 6.50. The lowest BCUT2D eigenvalue weighted by molar-refractivity contribution is -0.387. The number of nitrogens with zero attached hydrogens (tertiary/aromatic N) is 1. The van der Waals surface area contributed by atoms with Gasteiger partial charge in [-0.05, 0) is 29.7 Å². The van der Waals surface area contributed by atoms with E-state index >= 15 is 0 Å². The zero-order valence-electron chi connectivity index (χ0n) is 12.1. The van der Waals surface area contributed by atoms with Gasteiger partial charge in [0.1, 0.15) is 5.75 Å². The molecule has 0 heterocycles. The van der Waals surface area contributed by atoms with Gasteiger partial charge in [0, 0.05) is 6.07 Å². The smallest absolute Gasteiger partial charge is 0.346 e. The average Bonchev–Trinajstić information content (AvgIpc) is 2.47. The largest absolute Gasteiger partial charge is 0.379 e. The predicted molar refractivity (Wildman–Crippen MR) is 81.4 cm³/mol. The summed E-state index contributed by atoms with van der Waals surface area (Å²) in [5.41, 5.74) is 0.401. The number of para-hydroxylation sites is 1. The van der Waals surface area contributed by atoms with Gasteiger partial charge in [0.2, 0.25) is 0 Å². The molecule has 0 aliphatic carbocycles. The topological polar surface area (TPSA) is 86.5 Å². The molecule has 0 saturated heterocycles. The van der Waals surface area contributed by atoms with Gasteiger partial charge in [-0.2, -0.15) is 8.42 Å². The first-order valence-electron chi connectivity index (χ1n) is 6.59. The third-order valence-electron chi connectivity index (χ3n) is 3.06. The maximum Gasteiger partial charge on any atom is 0.346 e. The Morgan fingerprint density at radius 2 is 1.77 bits per heavy atom. The Balaban J connectivity index is 2.41. The summed E-state index contributed by atoms with van der Waals surface area (Å²) in [4.78, 5) is 9.74. The number of hydrogen-bond acceptors (Lipinski definition) is 5. The Morgan fingerprint density at radius 3 is 2.41 bits per heavy atom. The second-order valence-electron chi connectivity index (χ2n) is 4.99.